The molecule has 4 aromatic rings. The van der Waals surface area contributed by atoms with Crippen molar-refractivity contribution in [3.05, 3.63) is 45.6 Å². The zero-order chi connectivity index (χ0) is 24.7. The van der Waals surface area contributed by atoms with Crippen LogP contribution in [-0.2, 0) is 24.7 Å². The van der Waals surface area contributed by atoms with E-state index in [2.05, 4.69) is 59.9 Å². The Kier molecular flexibility index (Phi) is 6.47. The SMILES string of the molecule is Cn1c(SCC(=O)Nc2sc3c(c2C#N)CCC(C(C)(C)C)C3)nnc1-c1csc2ccccc12. The van der Waals surface area contributed by atoms with Crippen LogP contribution in [-0.4, -0.2) is 26.4 Å². The number of hydrogen-bond acceptors (Lipinski definition) is 7. The van der Waals surface area contributed by atoms with Crippen LogP contribution in [0.15, 0.2) is 34.8 Å². The summed E-state index contributed by atoms with van der Waals surface area (Å²) in [5, 5.41) is 26.1. The molecule has 3 aromatic heterocycles. The minimum atomic E-state index is -0.136. The highest BCUT2D eigenvalue weighted by Crippen LogP contribution is 2.44. The zero-order valence-corrected chi connectivity index (χ0v) is 22.7. The fourth-order valence-corrected chi connectivity index (χ4v) is 7.59. The number of fused-ring (bicyclic) bond motifs is 2. The van der Waals surface area contributed by atoms with Crippen LogP contribution >= 0.6 is 34.4 Å². The van der Waals surface area contributed by atoms with Crippen LogP contribution < -0.4 is 5.32 Å². The van der Waals surface area contributed by atoms with Gasteiger partial charge in [0.2, 0.25) is 5.91 Å². The van der Waals surface area contributed by atoms with E-state index >= 15 is 0 Å². The fraction of sp³-hybridized carbons (Fsp3) is 0.385. The summed E-state index contributed by atoms with van der Waals surface area (Å²) in [7, 11) is 1.93. The molecule has 1 unspecified atom stereocenters. The monoisotopic (exact) mass is 521 g/mol. The van der Waals surface area contributed by atoms with Gasteiger partial charge in [-0.25, -0.2) is 0 Å². The molecule has 0 radical (unpaired) electrons. The van der Waals surface area contributed by atoms with E-state index in [9.17, 15) is 10.1 Å². The summed E-state index contributed by atoms with van der Waals surface area (Å²) < 4.78 is 3.14. The highest BCUT2D eigenvalue weighted by atomic mass is 32.2. The van der Waals surface area contributed by atoms with E-state index in [-0.39, 0.29) is 17.1 Å². The van der Waals surface area contributed by atoms with Crippen LogP contribution in [0.2, 0.25) is 0 Å². The maximum atomic E-state index is 12.8. The van der Waals surface area contributed by atoms with E-state index < -0.39 is 0 Å². The lowest BCUT2D eigenvalue weighted by Crippen LogP contribution is -2.26. The molecule has 1 atom stereocenters. The lowest BCUT2D eigenvalue weighted by molar-refractivity contribution is -0.113. The van der Waals surface area contributed by atoms with Gasteiger partial charge in [0.1, 0.15) is 11.1 Å². The third-order valence-electron chi connectivity index (χ3n) is 6.74. The predicted octanol–water partition coefficient (Wildman–Crippen LogP) is 6.51. The number of nitrogens with one attached hydrogen (secondary N) is 1. The van der Waals surface area contributed by atoms with Gasteiger partial charge in [0.15, 0.2) is 11.0 Å². The number of nitriles is 1. The Hall–Kier alpha value is -2.67. The van der Waals surface area contributed by atoms with E-state index in [1.807, 2.05) is 23.7 Å². The normalized spacial score (nSPS) is 15.7. The zero-order valence-electron chi connectivity index (χ0n) is 20.2. The summed E-state index contributed by atoms with van der Waals surface area (Å²) in [6.45, 7) is 6.83. The molecule has 1 aliphatic carbocycles. The van der Waals surface area contributed by atoms with Crippen molar-refractivity contribution in [1.29, 1.82) is 5.26 Å². The van der Waals surface area contributed by atoms with Crippen LogP contribution in [0.4, 0.5) is 5.00 Å². The van der Waals surface area contributed by atoms with Crippen LogP contribution in [0.5, 0.6) is 0 Å². The van der Waals surface area contributed by atoms with Crippen molar-refractivity contribution in [2.75, 3.05) is 11.1 Å². The van der Waals surface area contributed by atoms with Crippen molar-refractivity contribution >= 4 is 55.4 Å². The second-order valence-corrected chi connectivity index (χ2v) is 12.9. The second kappa shape index (κ2) is 9.41. The molecule has 0 aliphatic heterocycles. The van der Waals surface area contributed by atoms with Gasteiger partial charge in [0.25, 0.3) is 0 Å². The standard InChI is InChI=1S/C26H27N5OS3/c1-26(2,3)15-9-10-17-18(12-27)24(35-21(17)11-15)28-22(32)14-34-25-30-29-23(31(25)4)19-13-33-20-8-6-5-7-16(19)20/h5-8,13,15H,9-11,14H2,1-4H3,(H,28,32). The summed E-state index contributed by atoms with van der Waals surface area (Å²) in [5.74, 6) is 1.44. The molecule has 0 saturated heterocycles. The number of amides is 1. The van der Waals surface area contributed by atoms with Crippen molar-refractivity contribution in [2.45, 2.75) is 45.2 Å². The van der Waals surface area contributed by atoms with E-state index in [0.29, 0.717) is 21.6 Å². The average molecular weight is 522 g/mol. The third-order valence-corrected chi connectivity index (χ3v) is 9.90. The molecule has 6 nitrogen and oxygen atoms in total. The number of hydrogen-bond donors (Lipinski definition) is 1. The highest BCUT2D eigenvalue weighted by Gasteiger charge is 2.32. The number of benzene rings is 1. The quantitative estimate of drug-likeness (QED) is 0.303. The molecule has 1 aliphatic rings. The molecule has 0 bridgehead atoms. The Morgan fingerprint density at radius 3 is 2.89 bits per heavy atom. The number of thiophene rings is 2. The van der Waals surface area contributed by atoms with Gasteiger partial charge in [-0.05, 0) is 42.2 Å². The van der Waals surface area contributed by atoms with Crippen molar-refractivity contribution in [1.82, 2.24) is 14.8 Å². The summed E-state index contributed by atoms with van der Waals surface area (Å²) in [6, 6.07) is 10.6. The molecule has 0 fully saturated rings. The maximum absolute atomic E-state index is 12.8. The van der Waals surface area contributed by atoms with Gasteiger partial charge < -0.3 is 9.88 Å². The Labute approximate surface area is 217 Å². The first-order chi connectivity index (χ1) is 16.8. The molecule has 1 aromatic carbocycles. The molecule has 0 spiro atoms. The molecular formula is C26H27N5OS3. The Morgan fingerprint density at radius 2 is 2.11 bits per heavy atom. The highest BCUT2D eigenvalue weighted by molar-refractivity contribution is 7.99. The summed E-state index contributed by atoms with van der Waals surface area (Å²) in [5.41, 5.74) is 3.05. The lowest BCUT2D eigenvalue weighted by atomic mass is 9.72. The molecule has 35 heavy (non-hydrogen) atoms. The third kappa shape index (κ3) is 4.63. The van der Waals surface area contributed by atoms with Gasteiger partial charge in [-0.15, -0.1) is 32.9 Å². The first-order valence-electron chi connectivity index (χ1n) is 11.6. The number of nitrogens with zero attached hydrogens (tertiary/aromatic N) is 4. The topological polar surface area (TPSA) is 83.6 Å². The summed E-state index contributed by atoms with van der Waals surface area (Å²) >= 11 is 4.60. The largest absolute Gasteiger partial charge is 0.316 e. The first-order valence-corrected chi connectivity index (χ1v) is 14.3. The van der Waals surface area contributed by atoms with Crippen molar-refractivity contribution in [3.8, 4) is 17.5 Å². The Bertz CT molecular complexity index is 1450. The predicted molar refractivity (Wildman–Crippen MR) is 145 cm³/mol. The van der Waals surface area contributed by atoms with Crippen LogP contribution in [0, 0.1) is 22.7 Å². The molecule has 180 valence electrons. The Balaban J connectivity index is 1.28. The summed E-state index contributed by atoms with van der Waals surface area (Å²) in [4.78, 5) is 14.1. The second-order valence-electron chi connectivity index (χ2n) is 9.97. The van der Waals surface area contributed by atoms with Crippen molar-refractivity contribution < 1.29 is 4.79 Å². The number of carbonyl (C=O) groups is 1. The van der Waals surface area contributed by atoms with Crippen molar-refractivity contribution in [2.24, 2.45) is 18.4 Å². The van der Waals surface area contributed by atoms with Gasteiger partial charge in [-0.3, -0.25) is 4.79 Å². The molecular weight excluding hydrogens is 495 g/mol. The van der Waals surface area contributed by atoms with Gasteiger partial charge in [-0.1, -0.05) is 50.7 Å². The number of rotatable bonds is 5. The van der Waals surface area contributed by atoms with E-state index in [1.54, 1.807) is 22.7 Å². The van der Waals surface area contributed by atoms with Crippen LogP contribution in [0.25, 0.3) is 21.5 Å². The van der Waals surface area contributed by atoms with E-state index in [1.165, 1.54) is 21.3 Å². The molecule has 9 heteroatoms. The maximum Gasteiger partial charge on any atom is 0.235 e. The minimum absolute atomic E-state index is 0.136. The van der Waals surface area contributed by atoms with Crippen LogP contribution in [0.3, 0.4) is 0 Å². The smallest absolute Gasteiger partial charge is 0.235 e. The Morgan fingerprint density at radius 1 is 1.31 bits per heavy atom. The summed E-state index contributed by atoms with van der Waals surface area (Å²) in [6.07, 6.45) is 2.96. The molecule has 5 rings (SSSR count). The number of aromatic nitrogens is 3. The average Bonchev–Trinajstić information content (AvgIpc) is 3.51. The fourth-order valence-electron chi connectivity index (χ4n) is 4.65. The van der Waals surface area contributed by atoms with Gasteiger partial charge in [0, 0.05) is 33.0 Å². The van der Waals surface area contributed by atoms with Crippen LogP contribution in [0.1, 0.15) is 43.2 Å². The van der Waals surface area contributed by atoms with E-state index in [4.69, 9.17) is 0 Å². The van der Waals surface area contributed by atoms with E-state index in [0.717, 1.165) is 41.6 Å². The lowest BCUT2D eigenvalue weighted by Gasteiger charge is -2.33. The molecule has 1 amide bonds. The molecule has 1 N–H and O–H groups in total. The molecule has 0 saturated carbocycles. The van der Waals surface area contributed by atoms with Crippen molar-refractivity contribution in [3.63, 3.8) is 0 Å². The first kappa shape index (κ1) is 24.0. The number of anilines is 1. The van der Waals surface area contributed by atoms with Gasteiger partial charge in [0.05, 0.1) is 11.3 Å². The van der Waals surface area contributed by atoms with Gasteiger partial charge in [-0.2, -0.15) is 5.26 Å². The molecule has 3 heterocycles. The number of thioether (sulfide) groups is 1. The number of carbonyl (C=O) groups excluding carboxylic acids is 1. The minimum Gasteiger partial charge on any atom is -0.316 e. The van der Waals surface area contributed by atoms with Gasteiger partial charge >= 0.3 is 0 Å².